The van der Waals surface area contributed by atoms with Gasteiger partial charge in [-0.2, -0.15) is 0 Å². The normalized spacial score (nSPS) is 11.9. The minimum Gasteiger partial charge on any atom is -0.477 e. The van der Waals surface area contributed by atoms with Gasteiger partial charge in [-0.05, 0) is 36.8 Å². The predicted octanol–water partition coefficient (Wildman–Crippen LogP) is 3.63. The van der Waals surface area contributed by atoms with E-state index in [1.54, 1.807) is 12.1 Å². The number of carbonyl (C=O) groups is 1. The Labute approximate surface area is 122 Å². The molecule has 0 spiro atoms. The van der Waals surface area contributed by atoms with Crippen molar-refractivity contribution in [3.05, 3.63) is 58.7 Å². The molecule has 0 aliphatic carbocycles. The SMILES string of the molecule is CC(c1cccc(Cl)c1)N(C)c1cccc(C(=O)O)n1. The number of anilines is 1. The molecule has 1 unspecified atom stereocenters. The molecule has 20 heavy (non-hydrogen) atoms. The summed E-state index contributed by atoms with van der Waals surface area (Å²) in [5, 5.41) is 9.66. The number of aromatic carboxylic acids is 1. The molecule has 0 amide bonds. The Kier molecular flexibility index (Phi) is 4.25. The third-order valence-corrected chi connectivity index (χ3v) is 3.46. The third kappa shape index (κ3) is 3.08. The van der Waals surface area contributed by atoms with Gasteiger partial charge >= 0.3 is 5.97 Å². The molecule has 2 rings (SSSR count). The van der Waals surface area contributed by atoms with Gasteiger partial charge in [0.05, 0.1) is 6.04 Å². The second kappa shape index (κ2) is 5.92. The number of carboxylic acid groups (broad SMARTS) is 1. The van der Waals surface area contributed by atoms with Crippen LogP contribution in [0.15, 0.2) is 42.5 Å². The number of halogens is 1. The minimum absolute atomic E-state index is 0.0326. The molecule has 0 aliphatic rings. The Morgan fingerprint density at radius 2 is 2.00 bits per heavy atom. The van der Waals surface area contributed by atoms with Crippen molar-refractivity contribution in [2.24, 2.45) is 0 Å². The van der Waals surface area contributed by atoms with Crippen molar-refractivity contribution in [3.63, 3.8) is 0 Å². The van der Waals surface area contributed by atoms with Crippen LogP contribution in [0.1, 0.15) is 29.0 Å². The molecule has 1 N–H and O–H groups in total. The van der Waals surface area contributed by atoms with E-state index < -0.39 is 5.97 Å². The predicted molar refractivity (Wildman–Crippen MR) is 79.5 cm³/mol. The van der Waals surface area contributed by atoms with Crippen LogP contribution in [-0.2, 0) is 0 Å². The Morgan fingerprint density at radius 3 is 2.65 bits per heavy atom. The van der Waals surface area contributed by atoms with Crippen molar-refractivity contribution in [3.8, 4) is 0 Å². The second-order valence-electron chi connectivity index (χ2n) is 4.53. The summed E-state index contributed by atoms with van der Waals surface area (Å²) in [5.41, 5.74) is 1.08. The second-order valence-corrected chi connectivity index (χ2v) is 4.96. The quantitative estimate of drug-likeness (QED) is 0.934. The number of rotatable bonds is 4. The van der Waals surface area contributed by atoms with Gasteiger partial charge in [0.15, 0.2) is 5.69 Å². The van der Waals surface area contributed by atoms with Crippen LogP contribution in [0.25, 0.3) is 0 Å². The van der Waals surface area contributed by atoms with Crippen molar-refractivity contribution in [2.45, 2.75) is 13.0 Å². The molecule has 2 aromatic rings. The van der Waals surface area contributed by atoms with Crippen molar-refractivity contribution in [1.82, 2.24) is 4.98 Å². The van der Waals surface area contributed by atoms with Crippen LogP contribution in [0.2, 0.25) is 5.02 Å². The monoisotopic (exact) mass is 290 g/mol. The summed E-state index contributed by atoms with van der Waals surface area (Å²) >= 11 is 5.99. The average Bonchev–Trinajstić information content (AvgIpc) is 2.45. The lowest BCUT2D eigenvalue weighted by Gasteiger charge is -2.26. The van der Waals surface area contributed by atoms with Crippen molar-refractivity contribution < 1.29 is 9.90 Å². The van der Waals surface area contributed by atoms with E-state index in [0.29, 0.717) is 10.8 Å². The number of benzene rings is 1. The fourth-order valence-electron chi connectivity index (χ4n) is 1.93. The van der Waals surface area contributed by atoms with Crippen LogP contribution < -0.4 is 4.90 Å². The summed E-state index contributed by atoms with van der Waals surface area (Å²) in [4.78, 5) is 17.0. The Morgan fingerprint density at radius 1 is 1.30 bits per heavy atom. The van der Waals surface area contributed by atoms with Gasteiger partial charge in [0.2, 0.25) is 0 Å². The van der Waals surface area contributed by atoms with Crippen LogP contribution >= 0.6 is 11.6 Å². The molecular weight excluding hydrogens is 276 g/mol. The number of nitrogens with zero attached hydrogens (tertiary/aromatic N) is 2. The highest BCUT2D eigenvalue weighted by Gasteiger charge is 2.15. The average molecular weight is 291 g/mol. The van der Waals surface area contributed by atoms with E-state index in [1.165, 1.54) is 6.07 Å². The first kappa shape index (κ1) is 14.3. The van der Waals surface area contributed by atoms with Gasteiger partial charge in [-0.3, -0.25) is 0 Å². The molecule has 0 bridgehead atoms. The minimum atomic E-state index is -1.03. The topological polar surface area (TPSA) is 53.4 Å². The number of carboxylic acids is 1. The largest absolute Gasteiger partial charge is 0.477 e. The van der Waals surface area contributed by atoms with Gasteiger partial charge in [-0.25, -0.2) is 9.78 Å². The molecule has 0 saturated carbocycles. The zero-order valence-corrected chi connectivity index (χ0v) is 12.0. The highest BCUT2D eigenvalue weighted by atomic mass is 35.5. The lowest BCUT2D eigenvalue weighted by atomic mass is 10.1. The van der Waals surface area contributed by atoms with Crippen molar-refractivity contribution >= 4 is 23.4 Å². The molecule has 0 aliphatic heterocycles. The van der Waals surface area contributed by atoms with Gasteiger partial charge in [-0.15, -0.1) is 0 Å². The molecule has 1 aromatic carbocycles. The highest BCUT2D eigenvalue weighted by molar-refractivity contribution is 6.30. The van der Waals surface area contributed by atoms with Crippen LogP contribution in [-0.4, -0.2) is 23.1 Å². The van der Waals surface area contributed by atoms with Gasteiger partial charge < -0.3 is 10.0 Å². The summed E-state index contributed by atoms with van der Waals surface area (Å²) in [6.45, 7) is 2.01. The number of pyridine rings is 1. The lowest BCUT2D eigenvalue weighted by molar-refractivity contribution is 0.0690. The first-order valence-corrected chi connectivity index (χ1v) is 6.55. The first-order valence-electron chi connectivity index (χ1n) is 6.17. The smallest absolute Gasteiger partial charge is 0.354 e. The van der Waals surface area contributed by atoms with Crippen LogP contribution in [0.5, 0.6) is 0 Å². The first-order chi connectivity index (χ1) is 9.49. The van der Waals surface area contributed by atoms with Crippen LogP contribution in [0, 0.1) is 0 Å². The number of hydrogen-bond acceptors (Lipinski definition) is 3. The van der Waals surface area contributed by atoms with E-state index >= 15 is 0 Å². The number of aromatic nitrogens is 1. The molecule has 1 aromatic heterocycles. The Hall–Kier alpha value is -2.07. The van der Waals surface area contributed by atoms with E-state index in [-0.39, 0.29) is 11.7 Å². The third-order valence-electron chi connectivity index (χ3n) is 3.23. The molecule has 104 valence electrons. The molecule has 5 heteroatoms. The molecule has 1 atom stereocenters. The summed E-state index contributed by atoms with van der Waals surface area (Å²) in [7, 11) is 1.87. The molecule has 4 nitrogen and oxygen atoms in total. The summed E-state index contributed by atoms with van der Waals surface area (Å²) in [6.07, 6.45) is 0. The Balaban J connectivity index is 2.28. The Bertz CT molecular complexity index is 631. The number of hydrogen-bond donors (Lipinski definition) is 1. The van der Waals surface area contributed by atoms with E-state index in [0.717, 1.165) is 5.56 Å². The van der Waals surface area contributed by atoms with Crippen molar-refractivity contribution in [1.29, 1.82) is 0 Å². The van der Waals surface area contributed by atoms with E-state index in [1.807, 2.05) is 43.1 Å². The maximum atomic E-state index is 11.0. The molecule has 1 heterocycles. The lowest BCUT2D eigenvalue weighted by Crippen LogP contribution is -2.23. The molecule has 0 saturated heterocycles. The zero-order valence-electron chi connectivity index (χ0n) is 11.2. The summed E-state index contributed by atoms with van der Waals surface area (Å²) in [6, 6.07) is 12.6. The van der Waals surface area contributed by atoms with E-state index in [9.17, 15) is 4.79 Å². The fraction of sp³-hybridized carbons (Fsp3) is 0.200. The van der Waals surface area contributed by atoms with E-state index in [2.05, 4.69) is 4.98 Å². The molecular formula is C15H15ClN2O2. The highest BCUT2D eigenvalue weighted by Crippen LogP contribution is 2.25. The van der Waals surface area contributed by atoms with Gasteiger partial charge in [-0.1, -0.05) is 29.8 Å². The molecule has 0 radical (unpaired) electrons. The maximum Gasteiger partial charge on any atom is 0.354 e. The summed E-state index contributed by atoms with van der Waals surface area (Å²) in [5.74, 6) is -0.423. The standard InChI is InChI=1S/C15H15ClN2O2/c1-10(11-5-3-6-12(16)9-11)18(2)14-8-4-7-13(17-14)15(19)20/h3-10H,1-2H3,(H,19,20). The summed E-state index contributed by atoms with van der Waals surface area (Å²) < 4.78 is 0. The van der Waals surface area contributed by atoms with Gasteiger partial charge in [0, 0.05) is 12.1 Å². The van der Waals surface area contributed by atoms with Crippen LogP contribution in [0.4, 0.5) is 5.82 Å². The van der Waals surface area contributed by atoms with Gasteiger partial charge in [0.25, 0.3) is 0 Å². The van der Waals surface area contributed by atoms with Crippen LogP contribution in [0.3, 0.4) is 0 Å². The fourth-order valence-corrected chi connectivity index (χ4v) is 2.13. The molecule has 0 fully saturated rings. The van der Waals surface area contributed by atoms with E-state index in [4.69, 9.17) is 16.7 Å². The zero-order chi connectivity index (χ0) is 14.7. The van der Waals surface area contributed by atoms with Crippen molar-refractivity contribution in [2.75, 3.05) is 11.9 Å². The maximum absolute atomic E-state index is 11.0. The van der Waals surface area contributed by atoms with Gasteiger partial charge in [0.1, 0.15) is 5.82 Å².